The Kier molecular flexibility index (Phi) is 5.00. The topological polar surface area (TPSA) is 24.1 Å². The molecule has 0 heterocycles. The van der Waals surface area contributed by atoms with Crippen molar-refractivity contribution in [1.82, 2.24) is 5.32 Å². The van der Waals surface area contributed by atoms with Crippen molar-refractivity contribution < 1.29 is 0 Å². The maximum Gasteiger partial charge on any atom is 0.171 e. The maximum atomic E-state index is 6.07. The maximum absolute atomic E-state index is 6.07. The number of thiocarbonyl (C=S) groups is 1. The minimum absolute atomic E-state index is 0.163. The van der Waals surface area contributed by atoms with Gasteiger partial charge in [-0.05, 0) is 49.2 Å². The van der Waals surface area contributed by atoms with Gasteiger partial charge < -0.3 is 10.6 Å². The highest BCUT2D eigenvalue weighted by Gasteiger charge is 2.20. The van der Waals surface area contributed by atoms with Crippen molar-refractivity contribution in [2.75, 3.05) is 5.32 Å². The lowest BCUT2D eigenvalue weighted by Crippen LogP contribution is -2.43. The van der Waals surface area contributed by atoms with E-state index in [0.29, 0.717) is 11.2 Å². The third kappa shape index (κ3) is 4.46. The summed E-state index contributed by atoms with van der Waals surface area (Å²) in [5.41, 5.74) is 2.13. The fourth-order valence-corrected chi connectivity index (χ4v) is 1.73. The van der Waals surface area contributed by atoms with Crippen LogP contribution in [0, 0.1) is 12.3 Å². The van der Waals surface area contributed by atoms with Gasteiger partial charge in [-0.1, -0.05) is 38.4 Å². The number of aryl methyl sites for hydroxylation is 1. The molecular formula is C14H21ClN2S. The van der Waals surface area contributed by atoms with E-state index >= 15 is 0 Å². The van der Waals surface area contributed by atoms with E-state index in [1.807, 2.05) is 25.1 Å². The molecule has 1 aromatic carbocycles. The number of benzene rings is 1. The number of rotatable bonds is 2. The Labute approximate surface area is 120 Å². The average molecular weight is 285 g/mol. The summed E-state index contributed by atoms with van der Waals surface area (Å²) in [7, 11) is 0. The van der Waals surface area contributed by atoms with Crippen LogP contribution in [0.25, 0.3) is 0 Å². The molecule has 1 atom stereocenters. The Morgan fingerprint density at radius 2 is 1.94 bits per heavy atom. The van der Waals surface area contributed by atoms with Crippen molar-refractivity contribution in [3.05, 3.63) is 28.8 Å². The predicted octanol–water partition coefficient (Wildman–Crippen LogP) is 4.37. The molecule has 18 heavy (non-hydrogen) atoms. The van der Waals surface area contributed by atoms with Crippen LogP contribution in [0.4, 0.5) is 5.69 Å². The fraction of sp³-hybridized carbons (Fsp3) is 0.500. The van der Waals surface area contributed by atoms with Crippen molar-refractivity contribution >= 4 is 34.6 Å². The second kappa shape index (κ2) is 5.89. The molecule has 0 aliphatic carbocycles. The standard InChI is InChI=1S/C14H21ClN2S/c1-9-6-7-11(8-12(9)15)17-13(18)16-10(2)14(3,4)5/h6-8,10H,1-5H3,(H2,16,17,18). The summed E-state index contributed by atoms with van der Waals surface area (Å²) >= 11 is 11.4. The zero-order valence-electron chi connectivity index (χ0n) is 11.6. The van der Waals surface area contributed by atoms with E-state index in [2.05, 4.69) is 38.3 Å². The van der Waals surface area contributed by atoms with E-state index in [4.69, 9.17) is 23.8 Å². The SMILES string of the molecule is Cc1ccc(NC(=S)NC(C)C(C)(C)C)cc1Cl. The first-order valence-electron chi connectivity index (χ1n) is 6.04. The van der Waals surface area contributed by atoms with Gasteiger partial charge in [0.05, 0.1) is 0 Å². The smallest absolute Gasteiger partial charge is 0.171 e. The Hall–Kier alpha value is -0.800. The lowest BCUT2D eigenvalue weighted by Gasteiger charge is -2.29. The van der Waals surface area contributed by atoms with Crippen LogP contribution in [0.1, 0.15) is 33.3 Å². The van der Waals surface area contributed by atoms with Crippen LogP contribution in [-0.2, 0) is 0 Å². The molecule has 0 spiro atoms. The first-order valence-corrected chi connectivity index (χ1v) is 6.82. The highest BCUT2D eigenvalue weighted by Crippen LogP contribution is 2.21. The quantitative estimate of drug-likeness (QED) is 0.789. The van der Waals surface area contributed by atoms with Gasteiger partial charge in [0.2, 0.25) is 0 Å². The highest BCUT2D eigenvalue weighted by molar-refractivity contribution is 7.80. The van der Waals surface area contributed by atoms with Crippen molar-refractivity contribution in [2.24, 2.45) is 5.41 Å². The number of nitrogens with one attached hydrogen (secondary N) is 2. The van der Waals surface area contributed by atoms with Crippen molar-refractivity contribution in [2.45, 2.75) is 40.7 Å². The van der Waals surface area contributed by atoms with E-state index in [9.17, 15) is 0 Å². The van der Waals surface area contributed by atoms with Gasteiger partial charge in [0, 0.05) is 16.8 Å². The zero-order chi connectivity index (χ0) is 13.9. The predicted molar refractivity (Wildman–Crippen MR) is 84.5 cm³/mol. The van der Waals surface area contributed by atoms with E-state index in [0.717, 1.165) is 16.3 Å². The summed E-state index contributed by atoms with van der Waals surface area (Å²) in [5.74, 6) is 0. The van der Waals surface area contributed by atoms with Crippen molar-refractivity contribution in [3.8, 4) is 0 Å². The third-order valence-electron chi connectivity index (χ3n) is 3.08. The van der Waals surface area contributed by atoms with Crippen LogP contribution in [-0.4, -0.2) is 11.2 Å². The molecule has 0 aliphatic heterocycles. The Bertz CT molecular complexity index is 438. The molecule has 2 nitrogen and oxygen atoms in total. The summed E-state index contributed by atoms with van der Waals surface area (Å²) in [6.45, 7) is 10.6. The molecule has 100 valence electrons. The van der Waals surface area contributed by atoms with Crippen LogP contribution in [0.2, 0.25) is 5.02 Å². The van der Waals surface area contributed by atoms with Gasteiger partial charge >= 0.3 is 0 Å². The number of halogens is 1. The molecule has 0 aromatic heterocycles. The van der Waals surface area contributed by atoms with E-state index < -0.39 is 0 Å². The number of anilines is 1. The lowest BCUT2D eigenvalue weighted by atomic mass is 9.88. The molecule has 0 fully saturated rings. The van der Waals surface area contributed by atoms with Gasteiger partial charge in [0.15, 0.2) is 5.11 Å². The molecule has 4 heteroatoms. The minimum atomic E-state index is 0.163. The zero-order valence-corrected chi connectivity index (χ0v) is 13.2. The summed E-state index contributed by atoms with van der Waals surface area (Å²) in [6.07, 6.45) is 0. The molecular weight excluding hydrogens is 264 g/mol. The molecule has 0 aliphatic rings. The normalized spacial score (nSPS) is 13.0. The molecule has 0 amide bonds. The molecule has 0 saturated heterocycles. The summed E-state index contributed by atoms with van der Waals surface area (Å²) in [6, 6.07) is 6.11. The van der Waals surface area contributed by atoms with Gasteiger partial charge in [0.1, 0.15) is 0 Å². The number of hydrogen-bond donors (Lipinski definition) is 2. The van der Waals surface area contributed by atoms with Crippen LogP contribution in [0.15, 0.2) is 18.2 Å². The molecule has 2 N–H and O–H groups in total. The fourth-order valence-electron chi connectivity index (χ4n) is 1.25. The largest absolute Gasteiger partial charge is 0.359 e. The summed E-state index contributed by atoms with van der Waals surface area (Å²) in [5, 5.41) is 7.79. The lowest BCUT2D eigenvalue weighted by molar-refractivity contribution is 0.317. The molecule has 0 radical (unpaired) electrons. The average Bonchev–Trinajstić information content (AvgIpc) is 2.22. The molecule has 1 rings (SSSR count). The monoisotopic (exact) mass is 284 g/mol. The summed E-state index contributed by atoms with van der Waals surface area (Å²) in [4.78, 5) is 0. The third-order valence-corrected chi connectivity index (χ3v) is 3.70. The van der Waals surface area contributed by atoms with Crippen molar-refractivity contribution in [1.29, 1.82) is 0 Å². The molecule has 0 saturated carbocycles. The van der Waals surface area contributed by atoms with E-state index in [1.54, 1.807) is 0 Å². The van der Waals surface area contributed by atoms with Gasteiger partial charge in [-0.2, -0.15) is 0 Å². The van der Waals surface area contributed by atoms with Gasteiger partial charge in [0.25, 0.3) is 0 Å². The Balaban J connectivity index is 2.62. The first-order chi connectivity index (χ1) is 8.20. The Morgan fingerprint density at radius 3 is 2.44 bits per heavy atom. The molecule has 0 bridgehead atoms. The van der Waals surface area contributed by atoms with Gasteiger partial charge in [-0.3, -0.25) is 0 Å². The number of hydrogen-bond acceptors (Lipinski definition) is 1. The minimum Gasteiger partial charge on any atom is -0.359 e. The molecule has 1 aromatic rings. The van der Waals surface area contributed by atoms with E-state index in [-0.39, 0.29) is 5.41 Å². The van der Waals surface area contributed by atoms with Crippen LogP contribution < -0.4 is 10.6 Å². The second-order valence-corrected chi connectivity index (χ2v) is 6.47. The first kappa shape index (κ1) is 15.3. The second-order valence-electron chi connectivity index (χ2n) is 5.65. The van der Waals surface area contributed by atoms with Crippen LogP contribution in [0.3, 0.4) is 0 Å². The van der Waals surface area contributed by atoms with Gasteiger partial charge in [-0.25, -0.2) is 0 Å². The van der Waals surface area contributed by atoms with Crippen LogP contribution >= 0.6 is 23.8 Å². The summed E-state index contributed by atoms with van der Waals surface area (Å²) < 4.78 is 0. The van der Waals surface area contributed by atoms with E-state index in [1.165, 1.54) is 0 Å². The van der Waals surface area contributed by atoms with Crippen molar-refractivity contribution in [3.63, 3.8) is 0 Å². The highest BCUT2D eigenvalue weighted by atomic mass is 35.5. The van der Waals surface area contributed by atoms with Crippen LogP contribution in [0.5, 0.6) is 0 Å². The van der Waals surface area contributed by atoms with Gasteiger partial charge in [-0.15, -0.1) is 0 Å². The molecule has 1 unspecified atom stereocenters. The Morgan fingerprint density at radius 1 is 1.33 bits per heavy atom.